The maximum Gasteiger partial charge on any atom is 0.241 e. The van der Waals surface area contributed by atoms with Crippen LogP contribution in [0, 0.1) is 5.92 Å². The van der Waals surface area contributed by atoms with Gasteiger partial charge in [0.05, 0.1) is 4.90 Å². The van der Waals surface area contributed by atoms with Crippen LogP contribution in [-0.2, 0) is 16.6 Å². The van der Waals surface area contributed by atoms with Crippen molar-refractivity contribution in [3.8, 4) is 0 Å². The van der Waals surface area contributed by atoms with Gasteiger partial charge in [0.15, 0.2) is 0 Å². The molecule has 0 amide bonds. The van der Waals surface area contributed by atoms with Crippen LogP contribution in [0.5, 0.6) is 0 Å². The molecule has 0 spiro atoms. The number of hydrogen-bond donors (Lipinski definition) is 2. The Labute approximate surface area is 118 Å². The Balaban J connectivity index is 1.69. The molecule has 2 aliphatic rings. The molecule has 0 radical (unpaired) electrons. The van der Waals surface area contributed by atoms with E-state index in [2.05, 4.69) is 10.0 Å². The summed E-state index contributed by atoms with van der Waals surface area (Å²) < 4.78 is 27.6. The van der Waals surface area contributed by atoms with Crippen molar-refractivity contribution < 1.29 is 8.42 Å². The summed E-state index contributed by atoms with van der Waals surface area (Å²) in [5.74, 6) is 0.529. The molecule has 19 heavy (non-hydrogen) atoms. The van der Waals surface area contributed by atoms with E-state index in [-0.39, 0.29) is 6.04 Å². The molecular weight excluding hydrogens is 280 g/mol. The lowest BCUT2D eigenvalue weighted by Gasteiger charge is -2.13. The van der Waals surface area contributed by atoms with Crippen LogP contribution in [0.2, 0.25) is 0 Å². The molecule has 106 valence electrons. The van der Waals surface area contributed by atoms with Gasteiger partial charge in [-0.05, 0) is 50.0 Å². The molecular formula is C13H20N2O2S2. The van der Waals surface area contributed by atoms with E-state index in [0.717, 1.165) is 17.7 Å². The fourth-order valence-electron chi connectivity index (χ4n) is 2.22. The molecule has 1 atom stereocenters. The van der Waals surface area contributed by atoms with Gasteiger partial charge in [-0.3, -0.25) is 0 Å². The monoisotopic (exact) mass is 300 g/mol. The molecule has 1 aromatic rings. The average Bonchev–Trinajstić information content (AvgIpc) is 3.24. The Morgan fingerprint density at radius 2 is 2.11 bits per heavy atom. The minimum atomic E-state index is -3.36. The Hall–Kier alpha value is -0.430. The molecule has 2 aliphatic carbocycles. The second kappa shape index (κ2) is 5.16. The highest BCUT2D eigenvalue weighted by Gasteiger charge is 2.32. The maximum atomic E-state index is 12.4. The molecule has 2 N–H and O–H groups in total. The normalized spacial score (nSPS) is 21.5. The lowest BCUT2D eigenvalue weighted by molar-refractivity contribution is 0.537. The van der Waals surface area contributed by atoms with Gasteiger partial charge in [0.25, 0.3) is 0 Å². The van der Waals surface area contributed by atoms with Crippen LogP contribution in [0.15, 0.2) is 16.3 Å². The molecule has 2 saturated carbocycles. The summed E-state index contributed by atoms with van der Waals surface area (Å²) >= 11 is 1.52. The van der Waals surface area contributed by atoms with Crippen molar-refractivity contribution in [2.45, 2.75) is 56.1 Å². The van der Waals surface area contributed by atoms with E-state index in [1.54, 1.807) is 6.07 Å². The Morgan fingerprint density at radius 1 is 1.37 bits per heavy atom. The number of sulfonamides is 1. The van der Waals surface area contributed by atoms with Gasteiger partial charge >= 0.3 is 0 Å². The molecule has 4 nitrogen and oxygen atoms in total. The molecule has 2 fully saturated rings. The van der Waals surface area contributed by atoms with E-state index in [9.17, 15) is 8.42 Å². The predicted octanol–water partition coefficient (Wildman–Crippen LogP) is 2.08. The lowest BCUT2D eigenvalue weighted by atomic mass is 10.2. The second-order valence-electron chi connectivity index (χ2n) is 5.61. The summed E-state index contributed by atoms with van der Waals surface area (Å²) in [5.41, 5.74) is 0. The number of hydrogen-bond acceptors (Lipinski definition) is 4. The van der Waals surface area contributed by atoms with E-state index < -0.39 is 10.0 Å². The van der Waals surface area contributed by atoms with Crippen LogP contribution in [-0.4, -0.2) is 20.5 Å². The Morgan fingerprint density at radius 3 is 2.74 bits per heavy atom. The smallest absolute Gasteiger partial charge is 0.241 e. The highest BCUT2D eigenvalue weighted by molar-refractivity contribution is 7.89. The number of nitrogens with one attached hydrogen (secondary N) is 2. The number of thiophene rings is 1. The third kappa shape index (κ3) is 3.37. The first kappa shape index (κ1) is 13.5. The maximum absolute atomic E-state index is 12.4. The van der Waals surface area contributed by atoms with Gasteiger partial charge in [0, 0.05) is 23.5 Å². The van der Waals surface area contributed by atoms with Gasteiger partial charge in [0.1, 0.15) is 0 Å². The van der Waals surface area contributed by atoms with Crippen molar-refractivity contribution in [3.05, 3.63) is 16.3 Å². The van der Waals surface area contributed by atoms with Crippen LogP contribution in [0.1, 0.15) is 37.5 Å². The third-order valence-corrected chi connectivity index (χ3v) is 6.49. The molecule has 0 bridgehead atoms. The third-order valence-electron chi connectivity index (χ3n) is 3.79. The first-order chi connectivity index (χ1) is 9.06. The zero-order chi connectivity index (χ0) is 13.5. The van der Waals surface area contributed by atoms with Gasteiger partial charge in [-0.15, -0.1) is 11.3 Å². The summed E-state index contributed by atoms with van der Waals surface area (Å²) in [7, 11) is -3.36. The van der Waals surface area contributed by atoms with E-state index in [4.69, 9.17) is 0 Å². The zero-order valence-electron chi connectivity index (χ0n) is 11.1. The van der Waals surface area contributed by atoms with Crippen molar-refractivity contribution in [3.63, 3.8) is 0 Å². The summed E-state index contributed by atoms with van der Waals surface area (Å²) in [6.07, 6.45) is 4.71. The molecule has 0 aromatic carbocycles. The second-order valence-corrected chi connectivity index (χ2v) is 8.29. The fraction of sp³-hybridized carbons (Fsp3) is 0.692. The van der Waals surface area contributed by atoms with Gasteiger partial charge < -0.3 is 5.32 Å². The van der Waals surface area contributed by atoms with Gasteiger partial charge in [-0.25, -0.2) is 13.1 Å². The topological polar surface area (TPSA) is 58.2 Å². The molecule has 6 heteroatoms. The predicted molar refractivity (Wildman–Crippen MR) is 76.7 cm³/mol. The largest absolute Gasteiger partial charge is 0.309 e. The van der Waals surface area contributed by atoms with Crippen LogP contribution in [0.4, 0.5) is 0 Å². The molecule has 1 heterocycles. The van der Waals surface area contributed by atoms with Crippen molar-refractivity contribution in [2.75, 3.05) is 0 Å². The minimum absolute atomic E-state index is 0.0501. The molecule has 0 saturated heterocycles. The zero-order valence-corrected chi connectivity index (χ0v) is 12.7. The van der Waals surface area contributed by atoms with E-state index in [1.807, 2.05) is 12.3 Å². The average molecular weight is 300 g/mol. The minimum Gasteiger partial charge on any atom is -0.309 e. The number of rotatable bonds is 7. The van der Waals surface area contributed by atoms with E-state index in [1.165, 1.54) is 24.2 Å². The SMILES string of the molecule is CC(NS(=O)(=O)c1ccsc1CNC1CC1)C1CC1. The fourth-order valence-corrected chi connectivity index (χ4v) is 4.93. The molecule has 0 aliphatic heterocycles. The quantitative estimate of drug-likeness (QED) is 0.810. The highest BCUT2D eigenvalue weighted by atomic mass is 32.2. The van der Waals surface area contributed by atoms with Crippen LogP contribution in [0.25, 0.3) is 0 Å². The van der Waals surface area contributed by atoms with Crippen LogP contribution >= 0.6 is 11.3 Å². The first-order valence-corrected chi connectivity index (χ1v) is 9.24. The van der Waals surface area contributed by atoms with Crippen LogP contribution in [0.3, 0.4) is 0 Å². The van der Waals surface area contributed by atoms with E-state index in [0.29, 0.717) is 23.4 Å². The Bertz CT molecular complexity index is 545. The Kier molecular flexibility index (Phi) is 3.68. The van der Waals surface area contributed by atoms with Crippen molar-refractivity contribution >= 4 is 21.4 Å². The van der Waals surface area contributed by atoms with Crippen LogP contribution < -0.4 is 10.0 Å². The van der Waals surface area contributed by atoms with Gasteiger partial charge in [0.2, 0.25) is 10.0 Å². The summed E-state index contributed by atoms with van der Waals surface area (Å²) in [6.45, 7) is 2.63. The van der Waals surface area contributed by atoms with Crippen molar-refractivity contribution in [2.24, 2.45) is 5.92 Å². The molecule has 3 rings (SSSR count). The lowest BCUT2D eigenvalue weighted by Crippen LogP contribution is -2.34. The van der Waals surface area contributed by atoms with Gasteiger partial charge in [-0.2, -0.15) is 0 Å². The van der Waals surface area contributed by atoms with Gasteiger partial charge in [-0.1, -0.05) is 0 Å². The summed E-state index contributed by atoms with van der Waals surface area (Å²) in [6, 6.07) is 2.36. The highest BCUT2D eigenvalue weighted by Crippen LogP contribution is 2.33. The summed E-state index contributed by atoms with van der Waals surface area (Å²) in [5, 5.41) is 5.24. The summed E-state index contributed by atoms with van der Waals surface area (Å²) in [4.78, 5) is 1.38. The van der Waals surface area contributed by atoms with Crippen molar-refractivity contribution in [1.82, 2.24) is 10.0 Å². The standard InChI is InChI=1S/C13H20N2O2S2/c1-9(10-2-3-10)15-19(16,17)13-6-7-18-12(13)8-14-11-4-5-11/h6-7,9-11,14-15H,2-5,8H2,1H3. The first-order valence-electron chi connectivity index (χ1n) is 6.88. The van der Waals surface area contributed by atoms with E-state index >= 15 is 0 Å². The molecule has 1 unspecified atom stereocenters. The molecule has 1 aromatic heterocycles. The van der Waals surface area contributed by atoms with Crippen molar-refractivity contribution in [1.29, 1.82) is 0 Å².